The van der Waals surface area contributed by atoms with Crippen molar-refractivity contribution in [1.82, 2.24) is 5.32 Å². The minimum Gasteiger partial charge on any atom is -0.494 e. The molecule has 0 aliphatic rings. The zero-order valence-corrected chi connectivity index (χ0v) is 10.8. The average Bonchev–Trinajstić information content (AvgIpc) is 2.35. The minimum atomic E-state index is -0.212. The number of methoxy groups -OCH3 is 1. The Hall–Kier alpha value is -1.09. The van der Waals surface area contributed by atoms with Crippen LogP contribution in [0.25, 0.3) is 0 Å². The Morgan fingerprint density at radius 2 is 2.06 bits per heavy atom. The van der Waals surface area contributed by atoms with Crippen LogP contribution in [-0.4, -0.2) is 20.2 Å². The Morgan fingerprint density at radius 3 is 2.76 bits per heavy atom. The minimum absolute atomic E-state index is 0.212. The second-order valence-electron chi connectivity index (χ2n) is 4.14. The maximum atomic E-state index is 13.8. The Labute approximate surface area is 103 Å². The average molecular weight is 239 g/mol. The molecule has 0 saturated heterocycles. The molecular weight excluding hydrogens is 217 g/mol. The van der Waals surface area contributed by atoms with Crippen molar-refractivity contribution in [3.63, 3.8) is 0 Å². The topological polar surface area (TPSA) is 21.3 Å². The van der Waals surface area contributed by atoms with E-state index in [1.807, 2.05) is 12.1 Å². The SMILES string of the molecule is CCCNCCCCc1cccc(OC)c1F. The van der Waals surface area contributed by atoms with E-state index >= 15 is 0 Å². The lowest BCUT2D eigenvalue weighted by Crippen LogP contribution is -2.15. The largest absolute Gasteiger partial charge is 0.494 e. The molecule has 0 aliphatic heterocycles. The molecule has 2 nitrogen and oxygen atoms in total. The first-order chi connectivity index (χ1) is 8.29. The normalized spacial score (nSPS) is 10.5. The standard InChI is InChI=1S/C14H22FNO/c1-3-10-16-11-5-4-7-12-8-6-9-13(17-2)14(12)15/h6,8-9,16H,3-5,7,10-11H2,1-2H3. The maximum Gasteiger partial charge on any atom is 0.168 e. The Kier molecular flexibility index (Phi) is 6.63. The van der Waals surface area contributed by atoms with Gasteiger partial charge in [0, 0.05) is 0 Å². The lowest BCUT2D eigenvalue weighted by Gasteiger charge is -2.07. The van der Waals surface area contributed by atoms with Crippen LogP contribution in [0.15, 0.2) is 18.2 Å². The summed E-state index contributed by atoms with van der Waals surface area (Å²) in [4.78, 5) is 0. The molecule has 1 N–H and O–H groups in total. The molecule has 0 aromatic heterocycles. The predicted octanol–water partition coefficient (Wildman–Crippen LogP) is 3.16. The highest BCUT2D eigenvalue weighted by Crippen LogP contribution is 2.21. The van der Waals surface area contributed by atoms with Crippen LogP contribution in [0, 0.1) is 5.82 Å². The highest BCUT2D eigenvalue weighted by atomic mass is 19.1. The molecule has 17 heavy (non-hydrogen) atoms. The fraction of sp³-hybridized carbons (Fsp3) is 0.571. The van der Waals surface area contributed by atoms with Gasteiger partial charge >= 0.3 is 0 Å². The molecule has 0 bridgehead atoms. The summed E-state index contributed by atoms with van der Waals surface area (Å²) >= 11 is 0. The van der Waals surface area contributed by atoms with E-state index in [9.17, 15) is 4.39 Å². The van der Waals surface area contributed by atoms with Crippen LogP contribution in [0.3, 0.4) is 0 Å². The monoisotopic (exact) mass is 239 g/mol. The fourth-order valence-electron chi connectivity index (χ4n) is 1.77. The van der Waals surface area contributed by atoms with Gasteiger partial charge in [0.05, 0.1) is 7.11 Å². The second-order valence-corrected chi connectivity index (χ2v) is 4.14. The van der Waals surface area contributed by atoms with Gasteiger partial charge in [0.1, 0.15) is 0 Å². The first-order valence-electron chi connectivity index (χ1n) is 6.31. The molecule has 0 spiro atoms. The Bertz CT molecular complexity index is 328. The van der Waals surface area contributed by atoms with Gasteiger partial charge in [-0.3, -0.25) is 0 Å². The molecule has 0 atom stereocenters. The van der Waals surface area contributed by atoms with Gasteiger partial charge in [-0.05, 0) is 50.4 Å². The number of hydrogen-bond acceptors (Lipinski definition) is 2. The van der Waals surface area contributed by atoms with Crippen LogP contribution in [0.4, 0.5) is 4.39 Å². The van der Waals surface area contributed by atoms with Crippen LogP contribution in [0.2, 0.25) is 0 Å². The molecule has 0 fully saturated rings. The van der Waals surface area contributed by atoms with Crippen molar-refractivity contribution in [3.05, 3.63) is 29.6 Å². The molecule has 1 rings (SSSR count). The van der Waals surface area contributed by atoms with E-state index < -0.39 is 0 Å². The van der Waals surface area contributed by atoms with Crippen LogP contribution in [-0.2, 0) is 6.42 Å². The lowest BCUT2D eigenvalue weighted by molar-refractivity contribution is 0.384. The number of aryl methyl sites for hydroxylation is 1. The first kappa shape index (κ1) is 14.0. The van der Waals surface area contributed by atoms with E-state index in [0.29, 0.717) is 5.75 Å². The van der Waals surface area contributed by atoms with Gasteiger partial charge in [-0.1, -0.05) is 19.1 Å². The summed E-state index contributed by atoms with van der Waals surface area (Å²) in [5, 5.41) is 3.34. The van der Waals surface area contributed by atoms with Crippen LogP contribution in [0.1, 0.15) is 31.7 Å². The zero-order chi connectivity index (χ0) is 12.5. The van der Waals surface area contributed by atoms with Gasteiger partial charge in [-0.25, -0.2) is 4.39 Å². The van der Waals surface area contributed by atoms with Gasteiger partial charge in [-0.2, -0.15) is 0 Å². The van der Waals surface area contributed by atoms with E-state index in [1.165, 1.54) is 7.11 Å². The number of unbranched alkanes of at least 4 members (excludes halogenated alkanes) is 1. The third-order valence-corrected chi connectivity index (χ3v) is 2.74. The summed E-state index contributed by atoms with van der Waals surface area (Å²) in [5.41, 5.74) is 0.750. The summed E-state index contributed by atoms with van der Waals surface area (Å²) in [7, 11) is 1.50. The van der Waals surface area contributed by atoms with Crippen LogP contribution in [0.5, 0.6) is 5.75 Å². The number of halogens is 1. The van der Waals surface area contributed by atoms with Crippen molar-refractivity contribution < 1.29 is 9.13 Å². The van der Waals surface area contributed by atoms with Crippen LogP contribution < -0.4 is 10.1 Å². The van der Waals surface area contributed by atoms with E-state index in [1.54, 1.807) is 6.07 Å². The summed E-state index contributed by atoms with van der Waals surface area (Å²) in [6, 6.07) is 5.32. The lowest BCUT2D eigenvalue weighted by atomic mass is 10.1. The third-order valence-electron chi connectivity index (χ3n) is 2.74. The molecule has 0 heterocycles. The van der Waals surface area contributed by atoms with E-state index in [4.69, 9.17) is 4.74 Å². The first-order valence-corrected chi connectivity index (χ1v) is 6.31. The van der Waals surface area contributed by atoms with Crippen LogP contribution >= 0.6 is 0 Å². The summed E-state index contributed by atoms with van der Waals surface area (Å²) in [6.07, 6.45) is 4.01. The Morgan fingerprint density at radius 1 is 1.24 bits per heavy atom. The smallest absolute Gasteiger partial charge is 0.168 e. The van der Waals surface area contributed by atoms with Crippen molar-refractivity contribution in [2.24, 2.45) is 0 Å². The Balaban J connectivity index is 2.31. The van der Waals surface area contributed by atoms with Gasteiger partial charge in [-0.15, -0.1) is 0 Å². The molecule has 0 saturated carbocycles. The molecule has 1 aromatic carbocycles. The molecule has 0 radical (unpaired) electrons. The van der Waals surface area contributed by atoms with Crippen molar-refractivity contribution in [2.45, 2.75) is 32.6 Å². The third kappa shape index (κ3) is 4.73. The zero-order valence-electron chi connectivity index (χ0n) is 10.8. The van der Waals surface area contributed by atoms with E-state index in [-0.39, 0.29) is 5.82 Å². The van der Waals surface area contributed by atoms with Crippen molar-refractivity contribution in [1.29, 1.82) is 0 Å². The van der Waals surface area contributed by atoms with E-state index in [0.717, 1.165) is 44.3 Å². The number of hydrogen-bond donors (Lipinski definition) is 1. The summed E-state index contributed by atoms with van der Waals surface area (Å²) < 4.78 is 18.7. The number of ether oxygens (including phenoxy) is 1. The maximum absolute atomic E-state index is 13.8. The predicted molar refractivity (Wildman–Crippen MR) is 69.1 cm³/mol. The van der Waals surface area contributed by atoms with E-state index in [2.05, 4.69) is 12.2 Å². The number of benzene rings is 1. The molecule has 1 aromatic rings. The molecule has 0 amide bonds. The molecule has 0 unspecified atom stereocenters. The molecular formula is C14H22FNO. The van der Waals surface area contributed by atoms with Crippen molar-refractivity contribution in [2.75, 3.05) is 20.2 Å². The summed E-state index contributed by atoms with van der Waals surface area (Å²) in [6.45, 7) is 4.23. The van der Waals surface area contributed by atoms with Crippen molar-refractivity contribution in [3.8, 4) is 5.75 Å². The molecule has 3 heteroatoms. The van der Waals surface area contributed by atoms with Gasteiger partial charge in [0.2, 0.25) is 0 Å². The highest BCUT2D eigenvalue weighted by molar-refractivity contribution is 5.31. The van der Waals surface area contributed by atoms with Gasteiger partial charge < -0.3 is 10.1 Å². The van der Waals surface area contributed by atoms with Gasteiger partial charge in [0.25, 0.3) is 0 Å². The molecule has 0 aliphatic carbocycles. The highest BCUT2D eigenvalue weighted by Gasteiger charge is 2.07. The quantitative estimate of drug-likeness (QED) is 0.704. The van der Waals surface area contributed by atoms with Crippen molar-refractivity contribution >= 4 is 0 Å². The second kappa shape index (κ2) is 8.07. The molecule has 96 valence electrons. The summed E-state index contributed by atoms with van der Waals surface area (Å²) in [5.74, 6) is 0.128. The number of nitrogens with one attached hydrogen (secondary N) is 1. The van der Waals surface area contributed by atoms with Gasteiger partial charge in [0.15, 0.2) is 11.6 Å². The number of rotatable bonds is 8. The fourth-order valence-corrected chi connectivity index (χ4v) is 1.77.